The predicted octanol–water partition coefficient (Wildman–Crippen LogP) is 3.63. The van der Waals surface area contributed by atoms with Crippen molar-refractivity contribution in [2.45, 2.75) is 26.8 Å². The van der Waals surface area contributed by atoms with Gasteiger partial charge in [0, 0.05) is 6.04 Å². The molecule has 0 unspecified atom stereocenters. The van der Waals surface area contributed by atoms with Crippen molar-refractivity contribution < 1.29 is 9.84 Å². The van der Waals surface area contributed by atoms with Crippen LogP contribution in [0.4, 0.5) is 0 Å². The monoisotopic (exact) mass is 323 g/mol. The molecule has 0 fully saturated rings. The van der Waals surface area contributed by atoms with Gasteiger partial charge in [-0.1, -0.05) is 20.8 Å². The molecule has 5 heteroatoms. The minimum Gasteiger partial charge on any atom is -0.503 e. The van der Waals surface area contributed by atoms with Crippen molar-refractivity contribution in [1.82, 2.24) is 0 Å². The topological polar surface area (TPSA) is 55.5 Å². The number of hydrogen-bond donors (Lipinski definition) is 2. The summed E-state index contributed by atoms with van der Waals surface area (Å²) in [4.78, 5) is 0. The van der Waals surface area contributed by atoms with Gasteiger partial charge in [-0.05, 0) is 39.0 Å². The van der Waals surface area contributed by atoms with E-state index in [1.807, 2.05) is 6.07 Å². The largest absolute Gasteiger partial charge is 0.503 e. The zero-order chi connectivity index (χ0) is 12.5. The first-order valence-corrected chi connectivity index (χ1v) is 5.88. The summed E-state index contributed by atoms with van der Waals surface area (Å²) in [6.07, 6.45) is 0. The zero-order valence-electron chi connectivity index (χ0n) is 10.5. The minimum atomic E-state index is -0.113. The lowest BCUT2D eigenvalue weighted by molar-refractivity contribution is 0.323. The first kappa shape index (κ1) is 16.6. The second-order valence-corrected chi connectivity index (χ2v) is 5.75. The third-order valence-corrected chi connectivity index (χ3v) is 3.17. The molecule has 0 bridgehead atoms. The second kappa shape index (κ2) is 5.94. The lowest BCUT2D eigenvalue weighted by Crippen LogP contribution is -2.26. The molecule has 3 N–H and O–H groups in total. The van der Waals surface area contributed by atoms with Crippen LogP contribution in [-0.4, -0.2) is 12.2 Å². The Morgan fingerprint density at radius 3 is 2.29 bits per heavy atom. The zero-order valence-corrected chi connectivity index (χ0v) is 12.9. The predicted molar refractivity (Wildman–Crippen MR) is 76.0 cm³/mol. The molecular formula is C12H19BrClNO2. The number of rotatable bonds is 2. The van der Waals surface area contributed by atoms with E-state index >= 15 is 0 Å². The van der Waals surface area contributed by atoms with Gasteiger partial charge in [-0.2, -0.15) is 0 Å². The van der Waals surface area contributed by atoms with E-state index in [2.05, 4.69) is 36.7 Å². The van der Waals surface area contributed by atoms with Crippen LogP contribution in [-0.2, 0) is 0 Å². The van der Waals surface area contributed by atoms with Gasteiger partial charge in [0.1, 0.15) is 0 Å². The number of benzene rings is 1. The van der Waals surface area contributed by atoms with Gasteiger partial charge in [-0.15, -0.1) is 12.4 Å². The van der Waals surface area contributed by atoms with E-state index in [-0.39, 0.29) is 29.6 Å². The number of ether oxygens (including phenoxy) is 1. The number of phenolic OH excluding ortho intramolecular Hbond substituents is 1. The van der Waals surface area contributed by atoms with Gasteiger partial charge in [0.15, 0.2) is 11.5 Å². The summed E-state index contributed by atoms with van der Waals surface area (Å²) in [6, 6.07) is 3.49. The molecular weight excluding hydrogens is 305 g/mol. The maximum atomic E-state index is 9.69. The number of phenols is 1. The van der Waals surface area contributed by atoms with Crippen molar-refractivity contribution in [3.8, 4) is 11.5 Å². The lowest BCUT2D eigenvalue weighted by Gasteiger charge is -2.28. The van der Waals surface area contributed by atoms with Crippen LogP contribution in [0.3, 0.4) is 0 Å². The average molecular weight is 325 g/mol. The molecule has 1 atom stereocenters. The fourth-order valence-corrected chi connectivity index (χ4v) is 1.89. The molecule has 98 valence electrons. The number of methoxy groups -OCH3 is 1. The van der Waals surface area contributed by atoms with E-state index in [1.165, 1.54) is 7.11 Å². The molecule has 0 aliphatic rings. The number of aromatic hydroxyl groups is 1. The number of nitrogens with two attached hydrogens (primary N) is 1. The number of hydrogen-bond acceptors (Lipinski definition) is 3. The van der Waals surface area contributed by atoms with Crippen LogP contribution in [0, 0.1) is 5.41 Å². The maximum absolute atomic E-state index is 9.69. The van der Waals surface area contributed by atoms with Crippen molar-refractivity contribution in [3.63, 3.8) is 0 Å². The smallest absolute Gasteiger partial charge is 0.172 e. The van der Waals surface area contributed by atoms with Gasteiger partial charge >= 0.3 is 0 Å². The van der Waals surface area contributed by atoms with Gasteiger partial charge in [0.2, 0.25) is 0 Å². The molecule has 1 aromatic carbocycles. The Morgan fingerprint density at radius 2 is 1.88 bits per heavy atom. The Kier molecular flexibility index (Phi) is 5.78. The second-order valence-electron chi connectivity index (χ2n) is 4.90. The molecule has 0 saturated carbocycles. The molecule has 17 heavy (non-hydrogen) atoms. The molecule has 0 amide bonds. The highest BCUT2D eigenvalue weighted by Gasteiger charge is 2.24. The summed E-state index contributed by atoms with van der Waals surface area (Å²) in [5, 5.41) is 9.69. The fourth-order valence-electron chi connectivity index (χ4n) is 1.43. The highest BCUT2D eigenvalue weighted by molar-refractivity contribution is 9.10. The summed E-state index contributed by atoms with van der Waals surface area (Å²) in [5.74, 6) is 0.538. The van der Waals surface area contributed by atoms with E-state index in [0.29, 0.717) is 10.2 Å². The Balaban J connectivity index is 0.00000256. The molecule has 0 aliphatic heterocycles. The minimum absolute atomic E-state index is 0. The Morgan fingerprint density at radius 1 is 1.35 bits per heavy atom. The summed E-state index contributed by atoms with van der Waals surface area (Å²) in [5.41, 5.74) is 7.06. The standard InChI is InChI=1S/C12H18BrNO2.ClH/c1-12(2,3)11(14)7-5-8(13)10(15)9(6-7)16-4;/h5-6,11,15H,14H2,1-4H3;1H/t11-;/m0./s1. The maximum Gasteiger partial charge on any atom is 0.172 e. The molecule has 1 aromatic rings. The SMILES string of the molecule is COc1cc([C@H](N)C(C)(C)C)cc(Br)c1O.Cl. The van der Waals surface area contributed by atoms with Crippen LogP contribution in [0.25, 0.3) is 0 Å². The first-order chi connectivity index (χ1) is 7.27. The van der Waals surface area contributed by atoms with Crippen LogP contribution in [0.5, 0.6) is 11.5 Å². The molecule has 0 aromatic heterocycles. The van der Waals surface area contributed by atoms with Crippen LogP contribution in [0.15, 0.2) is 16.6 Å². The van der Waals surface area contributed by atoms with Gasteiger partial charge < -0.3 is 15.6 Å². The molecule has 0 radical (unpaired) electrons. The number of halogens is 2. The van der Waals surface area contributed by atoms with E-state index in [4.69, 9.17) is 10.5 Å². The highest BCUT2D eigenvalue weighted by Crippen LogP contribution is 2.39. The summed E-state index contributed by atoms with van der Waals surface area (Å²) in [7, 11) is 1.52. The van der Waals surface area contributed by atoms with Crippen molar-refractivity contribution in [3.05, 3.63) is 22.2 Å². The van der Waals surface area contributed by atoms with Gasteiger partial charge in [-0.3, -0.25) is 0 Å². The summed E-state index contributed by atoms with van der Waals surface area (Å²) < 4.78 is 5.69. The van der Waals surface area contributed by atoms with E-state index in [1.54, 1.807) is 6.07 Å². The van der Waals surface area contributed by atoms with Crippen molar-refractivity contribution in [2.24, 2.45) is 11.1 Å². The molecule has 1 rings (SSSR count). The third-order valence-electron chi connectivity index (χ3n) is 2.56. The molecule has 3 nitrogen and oxygen atoms in total. The Bertz CT molecular complexity index is 391. The third kappa shape index (κ3) is 3.76. The molecule has 0 aliphatic carbocycles. The van der Waals surface area contributed by atoms with Crippen molar-refractivity contribution in [2.75, 3.05) is 7.11 Å². The van der Waals surface area contributed by atoms with E-state index < -0.39 is 0 Å². The van der Waals surface area contributed by atoms with Crippen LogP contribution < -0.4 is 10.5 Å². The lowest BCUT2D eigenvalue weighted by atomic mass is 9.83. The Hall–Kier alpha value is -0.450. The molecule has 0 saturated heterocycles. The highest BCUT2D eigenvalue weighted by atomic mass is 79.9. The van der Waals surface area contributed by atoms with Crippen LogP contribution in [0.1, 0.15) is 32.4 Å². The summed E-state index contributed by atoms with van der Waals surface area (Å²) >= 11 is 3.29. The molecule has 0 heterocycles. The van der Waals surface area contributed by atoms with E-state index in [0.717, 1.165) is 5.56 Å². The first-order valence-electron chi connectivity index (χ1n) is 5.09. The Labute approximate surface area is 117 Å². The summed E-state index contributed by atoms with van der Waals surface area (Å²) in [6.45, 7) is 6.22. The quantitative estimate of drug-likeness (QED) is 0.873. The van der Waals surface area contributed by atoms with Gasteiger partial charge in [0.25, 0.3) is 0 Å². The van der Waals surface area contributed by atoms with Crippen molar-refractivity contribution in [1.29, 1.82) is 0 Å². The molecule has 0 spiro atoms. The fraction of sp³-hybridized carbons (Fsp3) is 0.500. The normalized spacial score (nSPS) is 12.8. The van der Waals surface area contributed by atoms with E-state index in [9.17, 15) is 5.11 Å². The average Bonchev–Trinajstić information content (AvgIpc) is 2.19. The van der Waals surface area contributed by atoms with Crippen LogP contribution >= 0.6 is 28.3 Å². The van der Waals surface area contributed by atoms with Crippen molar-refractivity contribution >= 4 is 28.3 Å². The van der Waals surface area contributed by atoms with Gasteiger partial charge in [0.05, 0.1) is 11.6 Å². The van der Waals surface area contributed by atoms with Crippen LogP contribution in [0.2, 0.25) is 0 Å². The van der Waals surface area contributed by atoms with Gasteiger partial charge in [-0.25, -0.2) is 0 Å².